The summed E-state index contributed by atoms with van der Waals surface area (Å²) in [7, 11) is 0. The molecule has 3 heterocycles. The van der Waals surface area contributed by atoms with E-state index >= 15 is 0 Å². The first-order valence-corrected chi connectivity index (χ1v) is 20.3. The van der Waals surface area contributed by atoms with Crippen LogP contribution in [-0.4, -0.2) is 15.0 Å². The van der Waals surface area contributed by atoms with Gasteiger partial charge in [0.15, 0.2) is 17.5 Å². The Morgan fingerprint density at radius 1 is 0.286 bits per heavy atom. The molecule has 0 amide bonds. The smallest absolute Gasteiger partial charge is 0.165 e. The van der Waals surface area contributed by atoms with E-state index in [2.05, 4.69) is 182 Å². The van der Waals surface area contributed by atoms with Crippen molar-refractivity contribution in [3.05, 3.63) is 188 Å². The van der Waals surface area contributed by atoms with Crippen molar-refractivity contribution in [2.24, 2.45) is 0 Å². The van der Waals surface area contributed by atoms with Gasteiger partial charge >= 0.3 is 0 Å². The number of hydrogen-bond acceptors (Lipinski definition) is 5. The second-order valence-corrected chi connectivity index (χ2v) is 16.1. The van der Waals surface area contributed by atoms with Crippen molar-refractivity contribution >= 4 is 63.0 Å². The minimum atomic E-state index is 0.639. The van der Waals surface area contributed by atoms with E-state index in [9.17, 15) is 0 Å². The molecule has 0 N–H and O–H groups in total. The van der Waals surface area contributed by atoms with Gasteiger partial charge in [0.25, 0.3) is 0 Å². The fourth-order valence-corrected chi connectivity index (χ4v) is 10.3. The molecule has 262 valence electrons. The largest absolute Gasteiger partial charge is 0.208 e. The number of benzene rings is 8. The van der Waals surface area contributed by atoms with Gasteiger partial charge in [-0.1, -0.05) is 158 Å². The van der Waals surface area contributed by atoms with Gasteiger partial charge in [-0.15, -0.1) is 22.7 Å². The molecule has 0 aliphatic carbocycles. The van der Waals surface area contributed by atoms with Crippen molar-refractivity contribution in [3.63, 3.8) is 0 Å². The van der Waals surface area contributed by atoms with E-state index in [0.29, 0.717) is 17.5 Å². The van der Waals surface area contributed by atoms with E-state index in [-0.39, 0.29) is 0 Å². The molecule has 11 aromatic rings. The second-order valence-electron chi connectivity index (χ2n) is 13.9. The first kappa shape index (κ1) is 32.6. The standard InChI is InChI=1S/C51H31N3S2/c1-2-13-33(14-3-1)37-17-4-5-19-41(37)50-52-49(53-51(54-50)43-23-11-22-40-39-18-6-8-24-44(39)56-48(40)43)36-16-10-15-35(31-36)32-27-29-34(30-28-32)38-21-12-26-46-47(38)42-20-7-9-25-45(42)55-46/h1-31H. The van der Waals surface area contributed by atoms with Crippen LogP contribution in [0.1, 0.15) is 0 Å². The van der Waals surface area contributed by atoms with Crippen LogP contribution >= 0.6 is 22.7 Å². The molecular formula is C51H31N3S2. The Bertz CT molecular complexity index is 3250. The number of fused-ring (bicyclic) bond motifs is 6. The quantitative estimate of drug-likeness (QED) is 0.170. The fourth-order valence-electron chi connectivity index (χ4n) is 7.91. The highest BCUT2D eigenvalue weighted by atomic mass is 32.1. The lowest BCUT2D eigenvalue weighted by Crippen LogP contribution is -2.01. The molecule has 0 aliphatic heterocycles. The summed E-state index contributed by atoms with van der Waals surface area (Å²) in [5, 5.41) is 5.10. The molecule has 0 saturated heterocycles. The molecule has 3 nitrogen and oxygen atoms in total. The highest BCUT2D eigenvalue weighted by Gasteiger charge is 2.19. The first-order chi connectivity index (χ1) is 27.7. The maximum atomic E-state index is 5.25. The maximum Gasteiger partial charge on any atom is 0.165 e. The number of rotatable bonds is 6. The molecule has 0 unspecified atom stereocenters. The Morgan fingerprint density at radius 2 is 0.804 bits per heavy atom. The summed E-state index contributed by atoms with van der Waals surface area (Å²) in [6.45, 7) is 0. The Hall–Kier alpha value is -6.79. The van der Waals surface area contributed by atoms with E-state index in [1.807, 2.05) is 17.4 Å². The molecule has 0 atom stereocenters. The Balaban J connectivity index is 1.04. The van der Waals surface area contributed by atoms with Crippen LogP contribution in [0.2, 0.25) is 0 Å². The third-order valence-corrected chi connectivity index (χ3v) is 12.9. The van der Waals surface area contributed by atoms with Gasteiger partial charge in [-0.05, 0) is 63.7 Å². The summed E-state index contributed by atoms with van der Waals surface area (Å²) >= 11 is 3.64. The van der Waals surface area contributed by atoms with Crippen molar-refractivity contribution in [1.29, 1.82) is 0 Å². The second kappa shape index (κ2) is 13.5. The van der Waals surface area contributed by atoms with Crippen LogP contribution in [0.4, 0.5) is 0 Å². The van der Waals surface area contributed by atoms with Crippen LogP contribution in [0.5, 0.6) is 0 Å². The lowest BCUT2D eigenvalue weighted by Gasteiger charge is -2.13. The molecule has 0 aliphatic rings. The summed E-state index contributed by atoms with van der Waals surface area (Å²) in [6.07, 6.45) is 0. The zero-order chi connectivity index (χ0) is 37.0. The van der Waals surface area contributed by atoms with Gasteiger partial charge in [0, 0.05) is 57.0 Å². The van der Waals surface area contributed by atoms with Gasteiger partial charge in [0.1, 0.15) is 0 Å². The van der Waals surface area contributed by atoms with Crippen LogP contribution in [0.25, 0.3) is 108 Å². The van der Waals surface area contributed by atoms with Crippen LogP contribution in [0.3, 0.4) is 0 Å². The van der Waals surface area contributed by atoms with E-state index in [4.69, 9.17) is 15.0 Å². The Morgan fingerprint density at radius 3 is 1.64 bits per heavy atom. The summed E-state index contributed by atoms with van der Waals surface area (Å²) in [6, 6.07) is 66.7. The van der Waals surface area contributed by atoms with Crippen LogP contribution in [-0.2, 0) is 0 Å². The highest BCUT2D eigenvalue weighted by molar-refractivity contribution is 7.26. The van der Waals surface area contributed by atoms with E-state index < -0.39 is 0 Å². The zero-order valence-electron chi connectivity index (χ0n) is 30.1. The molecule has 0 saturated carbocycles. The normalized spacial score (nSPS) is 11.6. The Labute approximate surface area is 331 Å². The lowest BCUT2D eigenvalue weighted by molar-refractivity contribution is 1.08. The van der Waals surface area contributed by atoms with E-state index in [1.165, 1.54) is 51.5 Å². The van der Waals surface area contributed by atoms with Crippen molar-refractivity contribution < 1.29 is 0 Å². The number of nitrogens with zero attached hydrogens (tertiary/aromatic N) is 3. The highest BCUT2D eigenvalue weighted by Crippen LogP contribution is 2.42. The Kier molecular flexibility index (Phi) is 7.87. The number of hydrogen-bond donors (Lipinski definition) is 0. The molecule has 56 heavy (non-hydrogen) atoms. The van der Waals surface area contributed by atoms with Gasteiger partial charge in [0.05, 0.1) is 0 Å². The fraction of sp³-hybridized carbons (Fsp3) is 0. The summed E-state index contributed by atoms with van der Waals surface area (Å²) in [5.41, 5.74) is 9.81. The summed E-state index contributed by atoms with van der Waals surface area (Å²) in [4.78, 5) is 15.7. The SMILES string of the molecule is c1ccc(-c2ccccc2-c2nc(-c3cccc(-c4ccc(-c5cccc6sc7ccccc7c56)cc4)c3)nc(-c3cccc4c3sc3ccccc34)n2)cc1. The third kappa shape index (κ3) is 5.60. The molecule has 0 fully saturated rings. The molecule has 0 spiro atoms. The molecule has 8 aromatic carbocycles. The van der Waals surface area contributed by atoms with E-state index in [0.717, 1.165) is 38.9 Å². The lowest BCUT2D eigenvalue weighted by atomic mass is 9.96. The molecule has 0 bridgehead atoms. The maximum absolute atomic E-state index is 5.25. The van der Waals surface area contributed by atoms with Gasteiger partial charge in [-0.25, -0.2) is 15.0 Å². The predicted molar refractivity (Wildman–Crippen MR) is 238 cm³/mol. The van der Waals surface area contributed by atoms with Gasteiger partial charge < -0.3 is 0 Å². The number of aromatic nitrogens is 3. The molecule has 5 heteroatoms. The van der Waals surface area contributed by atoms with Crippen molar-refractivity contribution in [3.8, 4) is 67.5 Å². The average Bonchev–Trinajstić information content (AvgIpc) is 3.86. The minimum absolute atomic E-state index is 0.639. The molecule has 3 aromatic heterocycles. The van der Waals surface area contributed by atoms with Gasteiger partial charge in [-0.2, -0.15) is 0 Å². The van der Waals surface area contributed by atoms with Gasteiger partial charge in [0.2, 0.25) is 0 Å². The monoisotopic (exact) mass is 749 g/mol. The predicted octanol–water partition coefficient (Wildman–Crippen LogP) is 14.6. The number of thiophene rings is 2. The first-order valence-electron chi connectivity index (χ1n) is 18.7. The van der Waals surface area contributed by atoms with Crippen LogP contribution in [0.15, 0.2) is 188 Å². The summed E-state index contributed by atoms with van der Waals surface area (Å²) in [5.74, 6) is 1.95. The van der Waals surface area contributed by atoms with Crippen molar-refractivity contribution in [1.82, 2.24) is 15.0 Å². The minimum Gasteiger partial charge on any atom is -0.208 e. The molecule has 0 radical (unpaired) electrons. The molecule has 11 rings (SSSR count). The topological polar surface area (TPSA) is 38.7 Å². The van der Waals surface area contributed by atoms with Crippen molar-refractivity contribution in [2.75, 3.05) is 0 Å². The van der Waals surface area contributed by atoms with E-state index in [1.54, 1.807) is 11.3 Å². The van der Waals surface area contributed by atoms with Crippen molar-refractivity contribution in [2.45, 2.75) is 0 Å². The van der Waals surface area contributed by atoms with Crippen LogP contribution in [0, 0.1) is 0 Å². The van der Waals surface area contributed by atoms with Crippen LogP contribution < -0.4 is 0 Å². The van der Waals surface area contributed by atoms with Gasteiger partial charge in [-0.3, -0.25) is 0 Å². The summed E-state index contributed by atoms with van der Waals surface area (Å²) < 4.78 is 5.05. The third-order valence-electron chi connectivity index (χ3n) is 10.6. The average molecular weight is 750 g/mol. The molecular weight excluding hydrogens is 719 g/mol. The zero-order valence-corrected chi connectivity index (χ0v) is 31.7.